The van der Waals surface area contributed by atoms with Crippen molar-refractivity contribution in [2.24, 2.45) is 0 Å². The van der Waals surface area contributed by atoms with Gasteiger partial charge in [-0.15, -0.1) is 0 Å². The molecule has 2 fully saturated rings. The molecule has 1 aromatic carbocycles. The van der Waals surface area contributed by atoms with Crippen molar-refractivity contribution >= 4 is 28.5 Å². The topological polar surface area (TPSA) is 37.4 Å². The lowest BCUT2D eigenvalue weighted by atomic mass is 10.1. The molecule has 0 bridgehead atoms. The maximum Gasteiger partial charge on any atom is 0.228 e. The largest absolute Gasteiger partial charge is 0.311 e. The maximum atomic E-state index is 12.2. The fraction of sp³-hybridized carbons (Fsp3) is 0.467. The molecule has 1 amide bonds. The summed E-state index contributed by atoms with van der Waals surface area (Å²) in [6, 6.07) is 8.19. The highest BCUT2D eigenvalue weighted by molar-refractivity contribution is 8.14. The van der Waals surface area contributed by atoms with Gasteiger partial charge < -0.3 is 4.90 Å². The summed E-state index contributed by atoms with van der Waals surface area (Å²) in [6.07, 6.45) is 2.93. The number of benzene rings is 1. The van der Waals surface area contributed by atoms with E-state index in [2.05, 4.69) is 6.07 Å². The molecule has 1 atom stereocenters. The van der Waals surface area contributed by atoms with Gasteiger partial charge in [0, 0.05) is 30.8 Å². The minimum Gasteiger partial charge on any atom is -0.311 e. The third-order valence-corrected chi connectivity index (χ3v) is 4.65. The molecule has 0 N–H and O–H groups in total. The molecule has 1 heterocycles. The van der Waals surface area contributed by atoms with Gasteiger partial charge >= 0.3 is 0 Å². The van der Waals surface area contributed by atoms with E-state index in [4.69, 9.17) is 0 Å². The van der Waals surface area contributed by atoms with Crippen LogP contribution in [0.25, 0.3) is 0 Å². The first-order valence-corrected chi connectivity index (χ1v) is 7.59. The zero-order chi connectivity index (χ0) is 13.4. The average Bonchev–Trinajstić information content (AvgIpc) is 3.14. The number of carbonyl (C=O) groups is 2. The Morgan fingerprint density at radius 1 is 1.32 bits per heavy atom. The maximum absolute atomic E-state index is 12.2. The van der Waals surface area contributed by atoms with Crippen molar-refractivity contribution in [2.75, 3.05) is 11.4 Å². The van der Waals surface area contributed by atoms with Crippen LogP contribution >= 0.6 is 11.8 Å². The Balaban J connectivity index is 1.82. The summed E-state index contributed by atoms with van der Waals surface area (Å²) in [7, 11) is 0. The van der Waals surface area contributed by atoms with Crippen molar-refractivity contribution in [1.29, 1.82) is 0 Å². The summed E-state index contributed by atoms with van der Waals surface area (Å²) in [6.45, 7) is 2.22. The number of para-hydroxylation sites is 1. The number of thioether (sulfide) groups is 1. The smallest absolute Gasteiger partial charge is 0.228 e. The standard InChI is InChI=1S/C15H17NO2S/c1-10(17)19-12-8-15(18)16(9-12)14-5-3-2-4-13(14)11-6-7-11/h2-5,11-12H,6-9H2,1H3. The van der Waals surface area contributed by atoms with Crippen LogP contribution in [0.4, 0.5) is 5.69 Å². The third-order valence-electron chi connectivity index (χ3n) is 3.67. The van der Waals surface area contributed by atoms with Crippen LogP contribution in [0.15, 0.2) is 24.3 Å². The quantitative estimate of drug-likeness (QED) is 0.851. The number of amides is 1. The minimum absolute atomic E-state index is 0.0927. The van der Waals surface area contributed by atoms with Gasteiger partial charge in [-0.05, 0) is 30.4 Å². The summed E-state index contributed by atoms with van der Waals surface area (Å²) in [5.41, 5.74) is 2.35. The van der Waals surface area contributed by atoms with Gasteiger partial charge in [0.2, 0.25) is 5.91 Å². The Hall–Kier alpha value is -1.29. The molecule has 3 nitrogen and oxygen atoms in total. The van der Waals surface area contributed by atoms with Crippen LogP contribution in [0.1, 0.15) is 37.7 Å². The SMILES string of the molecule is CC(=O)SC1CC(=O)N(c2ccccc2C2CC2)C1. The Morgan fingerprint density at radius 2 is 2.05 bits per heavy atom. The number of anilines is 1. The predicted molar refractivity (Wildman–Crippen MR) is 77.4 cm³/mol. The summed E-state index contributed by atoms with van der Waals surface area (Å²) in [5, 5.41) is 0.201. The molecule has 0 radical (unpaired) electrons. The Kier molecular flexibility index (Phi) is 3.35. The van der Waals surface area contributed by atoms with Crippen molar-refractivity contribution in [1.82, 2.24) is 0 Å². The van der Waals surface area contributed by atoms with E-state index in [9.17, 15) is 9.59 Å². The lowest BCUT2D eigenvalue weighted by molar-refractivity contribution is -0.117. The molecule has 1 aliphatic carbocycles. The van der Waals surface area contributed by atoms with Crippen molar-refractivity contribution in [3.63, 3.8) is 0 Å². The van der Waals surface area contributed by atoms with Crippen LogP contribution in [0, 0.1) is 0 Å². The number of nitrogens with zero attached hydrogens (tertiary/aromatic N) is 1. The van der Waals surface area contributed by atoms with Gasteiger partial charge in [-0.1, -0.05) is 30.0 Å². The zero-order valence-corrected chi connectivity index (χ0v) is 11.8. The fourth-order valence-corrected chi connectivity index (χ4v) is 3.61. The van der Waals surface area contributed by atoms with Crippen molar-refractivity contribution in [2.45, 2.75) is 37.4 Å². The molecule has 1 aromatic rings. The minimum atomic E-state index is 0.0927. The molecule has 100 valence electrons. The van der Waals surface area contributed by atoms with E-state index < -0.39 is 0 Å². The van der Waals surface area contributed by atoms with Gasteiger partial charge in [-0.2, -0.15) is 0 Å². The highest BCUT2D eigenvalue weighted by Crippen LogP contribution is 2.45. The van der Waals surface area contributed by atoms with Crippen LogP contribution in [0.3, 0.4) is 0 Å². The Bertz CT molecular complexity index is 525. The van der Waals surface area contributed by atoms with Crippen LogP contribution in [-0.2, 0) is 9.59 Å². The molecule has 1 saturated carbocycles. The molecule has 4 heteroatoms. The van der Waals surface area contributed by atoms with Gasteiger partial charge in [-0.3, -0.25) is 9.59 Å². The Morgan fingerprint density at radius 3 is 2.74 bits per heavy atom. The monoisotopic (exact) mass is 275 g/mol. The van der Waals surface area contributed by atoms with Crippen molar-refractivity contribution in [3.8, 4) is 0 Å². The van der Waals surface area contributed by atoms with Crippen molar-refractivity contribution in [3.05, 3.63) is 29.8 Å². The van der Waals surface area contributed by atoms with E-state index in [1.54, 1.807) is 6.92 Å². The number of carbonyl (C=O) groups excluding carboxylic acids is 2. The zero-order valence-electron chi connectivity index (χ0n) is 11.0. The molecule has 3 rings (SSSR count). The summed E-state index contributed by atoms with van der Waals surface area (Å²) < 4.78 is 0. The van der Waals surface area contributed by atoms with Crippen LogP contribution in [-0.4, -0.2) is 22.8 Å². The van der Waals surface area contributed by atoms with Gasteiger partial charge in [0.05, 0.1) is 0 Å². The second-order valence-electron chi connectivity index (χ2n) is 5.27. The first-order valence-electron chi connectivity index (χ1n) is 6.71. The molecule has 0 aromatic heterocycles. The van der Waals surface area contributed by atoms with Gasteiger partial charge in [0.1, 0.15) is 0 Å². The highest BCUT2D eigenvalue weighted by Gasteiger charge is 2.35. The lowest BCUT2D eigenvalue weighted by Crippen LogP contribution is -2.26. The number of rotatable bonds is 3. The normalized spacial score (nSPS) is 22.9. The van der Waals surface area contributed by atoms with E-state index in [-0.39, 0.29) is 16.3 Å². The Labute approximate surface area is 117 Å². The van der Waals surface area contributed by atoms with Gasteiger partial charge in [0.15, 0.2) is 5.12 Å². The summed E-state index contributed by atoms with van der Waals surface area (Å²) in [5.74, 6) is 0.773. The molecular weight excluding hydrogens is 258 g/mol. The van der Waals surface area contributed by atoms with Crippen LogP contribution in [0.5, 0.6) is 0 Å². The van der Waals surface area contributed by atoms with Crippen LogP contribution in [0.2, 0.25) is 0 Å². The third kappa shape index (κ3) is 2.68. The van der Waals surface area contributed by atoms with Crippen LogP contribution < -0.4 is 4.90 Å². The molecular formula is C15H17NO2S. The molecule has 1 unspecified atom stereocenters. The summed E-state index contributed by atoms with van der Waals surface area (Å²) >= 11 is 1.29. The van der Waals surface area contributed by atoms with E-state index >= 15 is 0 Å². The lowest BCUT2D eigenvalue weighted by Gasteiger charge is -2.20. The van der Waals surface area contributed by atoms with E-state index in [1.165, 1.54) is 30.2 Å². The molecule has 1 aliphatic heterocycles. The second kappa shape index (κ2) is 5.00. The van der Waals surface area contributed by atoms with Gasteiger partial charge in [0.25, 0.3) is 0 Å². The molecule has 1 saturated heterocycles. The first kappa shape index (κ1) is 12.7. The predicted octanol–water partition coefficient (Wildman–Crippen LogP) is 2.95. The van der Waals surface area contributed by atoms with E-state index in [0.717, 1.165) is 5.69 Å². The molecule has 19 heavy (non-hydrogen) atoms. The first-order chi connectivity index (χ1) is 9.15. The van der Waals surface area contributed by atoms with Gasteiger partial charge in [-0.25, -0.2) is 0 Å². The van der Waals surface area contributed by atoms with Crippen molar-refractivity contribution < 1.29 is 9.59 Å². The van der Waals surface area contributed by atoms with E-state index in [1.807, 2.05) is 23.1 Å². The fourth-order valence-electron chi connectivity index (χ4n) is 2.69. The average molecular weight is 275 g/mol. The summed E-state index contributed by atoms with van der Waals surface area (Å²) in [4.78, 5) is 25.2. The second-order valence-corrected chi connectivity index (χ2v) is 6.75. The highest BCUT2D eigenvalue weighted by atomic mass is 32.2. The molecule has 0 spiro atoms. The van der Waals surface area contributed by atoms with E-state index in [0.29, 0.717) is 18.9 Å². The number of hydrogen-bond acceptors (Lipinski definition) is 3. The molecule has 2 aliphatic rings. The number of hydrogen-bond donors (Lipinski definition) is 0.